The number of hydrogen-bond acceptors (Lipinski definition) is 3. The van der Waals surface area contributed by atoms with E-state index in [4.69, 9.17) is 4.74 Å². The minimum Gasteiger partial charge on any atom is -0.495 e. The van der Waals surface area contributed by atoms with Gasteiger partial charge in [0, 0.05) is 12.2 Å². The first-order valence-corrected chi connectivity index (χ1v) is 5.87. The molecule has 0 spiro atoms. The van der Waals surface area contributed by atoms with Crippen LogP contribution >= 0.6 is 0 Å². The molecule has 1 N–H and O–H groups in total. The van der Waals surface area contributed by atoms with Gasteiger partial charge in [0.2, 0.25) is 0 Å². The smallest absolute Gasteiger partial charge is 0.137 e. The van der Waals surface area contributed by atoms with Gasteiger partial charge in [0.15, 0.2) is 0 Å². The Labute approximate surface area is 98.2 Å². The van der Waals surface area contributed by atoms with Gasteiger partial charge in [0.05, 0.1) is 13.3 Å². The van der Waals surface area contributed by atoms with Crippen molar-refractivity contribution in [2.75, 3.05) is 14.2 Å². The largest absolute Gasteiger partial charge is 0.495 e. The molecule has 3 nitrogen and oxygen atoms in total. The van der Waals surface area contributed by atoms with Crippen molar-refractivity contribution >= 4 is 0 Å². The van der Waals surface area contributed by atoms with E-state index in [9.17, 15) is 0 Å². The lowest BCUT2D eigenvalue weighted by Gasteiger charge is -2.20. The van der Waals surface area contributed by atoms with E-state index >= 15 is 0 Å². The summed E-state index contributed by atoms with van der Waals surface area (Å²) >= 11 is 0. The molecule has 0 aromatic carbocycles. The Bertz CT molecular complexity index is 315. The highest BCUT2D eigenvalue weighted by Gasteiger charge is 2.13. The molecule has 3 heteroatoms. The molecule has 1 aromatic heterocycles. The van der Waals surface area contributed by atoms with E-state index < -0.39 is 0 Å². The highest BCUT2D eigenvalue weighted by atomic mass is 16.5. The first kappa shape index (κ1) is 13.0. The topological polar surface area (TPSA) is 34.2 Å². The molecule has 1 heterocycles. The number of nitrogens with zero attached hydrogens (tertiary/aromatic N) is 1. The molecule has 0 amide bonds. The average Bonchev–Trinajstić information content (AvgIpc) is 2.35. The predicted octanol–water partition coefficient (Wildman–Crippen LogP) is 2.79. The third-order valence-corrected chi connectivity index (χ3v) is 3.06. The van der Waals surface area contributed by atoms with E-state index in [-0.39, 0.29) is 0 Å². The predicted molar refractivity (Wildman–Crippen MR) is 66.7 cm³/mol. The van der Waals surface area contributed by atoms with Crippen molar-refractivity contribution in [1.29, 1.82) is 0 Å². The summed E-state index contributed by atoms with van der Waals surface area (Å²) < 4.78 is 5.19. The summed E-state index contributed by atoms with van der Waals surface area (Å²) in [6.07, 6.45) is 5.98. The van der Waals surface area contributed by atoms with Crippen molar-refractivity contribution in [3.05, 3.63) is 24.0 Å². The highest BCUT2D eigenvalue weighted by molar-refractivity contribution is 5.25. The number of aromatic nitrogens is 1. The fraction of sp³-hybridized carbons (Fsp3) is 0.615. The third-order valence-electron chi connectivity index (χ3n) is 3.06. The summed E-state index contributed by atoms with van der Waals surface area (Å²) in [5.74, 6) is 1.53. The number of hydrogen-bond donors (Lipinski definition) is 1. The average molecular weight is 222 g/mol. The van der Waals surface area contributed by atoms with Crippen LogP contribution in [-0.4, -0.2) is 19.1 Å². The van der Waals surface area contributed by atoms with Crippen molar-refractivity contribution < 1.29 is 4.74 Å². The maximum Gasteiger partial charge on any atom is 0.137 e. The Morgan fingerprint density at radius 1 is 1.44 bits per heavy atom. The van der Waals surface area contributed by atoms with E-state index in [2.05, 4.69) is 30.2 Å². The summed E-state index contributed by atoms with van der Waals surface area (Å²) in [4.78, 5) is 4.19. The number of ether oxygens (including phenoxy) is 1. The van der Waals surface area contributed by atoms with Crippen LogP contribution in [0.15, 0.2) is 18.5 Å². The molecule has 0 radical (unpaired) electrons. The lowest BCUT2D eigenvalue weighted by atomic mass is 9.95. The molecule has 0 aliphatic heterocycles. The fourth-order valence-corrected chi connectivity index (χ4v) is 1.73. The van der Waals surface area contributed by atoms with Gasteiger partial charge in [-0.3, -0.25) is 4.98 Å². The maximum atomic E-state index is 5.19. The minimum atomic E-state index is 0.359. The molecule has 0 saturated heterocycles. The lowest BCUT2D eigenvalue weighted by Crippen LogP contribution is -2.19. The Balaban J connectivity index is 2.77. The van der Waals surface area contributed by atoms with Gasteiger partial charge in [0.25, 0.3) is 0 Å². The second-order valence-electron chi connectivity index (χ2n) is 4.25. The first-order chi connectivity index (χ1) is 7.71. The number of nitrogens with one attached hydrogen (secondary N) is 1. The van der Waals surface area contributed by atoms with Crippen molar-refractivity contribution in [3.8, 4) is 5.75 Å². The maximum absolute atomic E-state index is 5.19. The molecule has 0 bridgehead atoms. The molecule has 0 aliphatic carbocycles. The van der Waals surface area contributed by atoms with Crippen LogP contribution in [0, 0.1) is 5.92 Å². The Kier molecular flexibility index (Phi) is 5.26. The summed E-state index contributed by atoms with van der Waals surface area (Å²) in [5, 5.41) is 3.34. The third kappa shape index (κ3) is 3.49. The van der Waals surface area contributed by atoms with Crippen LogP contribution in [0.25, 0.3) is 0 Å². The van der Waals surface area contributed by atoms with Crippen LogP contribution in [0.3, 0.4) is 0 Å². The summed E-state index contributed by atoms with van der Waals surface area (Å²) in [7, 11) is 3.66. The summed E-state index contributed by atoms with van der Waals surface area (Å²) in [6, 6.07) is 2.41. The van der Waals surface area contributed by atoms with Crippen LogP contribution in [-0.2, 0) is 0 Å². The van der Waals surface area contributed by atoms with Gasteiger partial charge in [-0.1, -0.05) is 20.3 Å². The van der Waals surface area contributed by atoms with Crippen LogP contribution in [0.5, 0.6) is 5.75 Å². The van der Waals surface area contributed by atoms with E-state index in [0.29, 0.717) is 12.0 Å². The molecular weight excluding hydrogens is 200 g/mol. The van der Waals surface area contributed by atoms with Crippen LogP contribution < -0.4 is 10.1 Å². The molecule has 1 aromatic rings. The second-order valence-corrected chi connectivity index (χ2v) is 4.25. The van der Waals surface area contributed by atoms with Crippen LogP contribution in [0.2, 0.25) is 0 Å². The molecule has 0 fully saturated rings. The summed E-state index contributed by atoms with van der Waals surface area (Å²) in [5.41, 5.74) is 1.20. The van der Waals surface area contributed by atoms with Gasteiger partial charge in [-0.2, -0.15) is 0 Å². The van der Waals surface area contributed by atoms with Crippen molar-refractivity contribution in [2.24, 2.45) is 5.92 Å². The van der Waals surface area contributed by atoms with E-state index in [1.54, 1.807) is 13.3 Å². The fourth-order valence-electron chi connectivity index (χ4n) is 1.73. The molecule has 90 valence electrons. The number of pyridine rings is 1. The zero-order valence-electron chi connectivity index (χ0n) is 10.7. The van der Waals surface area contributed by atoms with E-state index in [1.807, 2.05) is 13.2 Å². The van der Waals surface area contributed by atoms with Crippen molar-refractivity contribution in [1.82, 2.24) is 10.3 Å². The quantitative estimate of drug-likeness (QED) is 0.803. The Morgan fingerprint density at radius 2 is 2.19 bits per heavy atom. The Morgan fingerprint density at radius 3 is 2.75 bits per heavy atom. The van der Waals surface area contributed by atoms with Gasteiger partial charge < -0.3 is 10.1 Å². The van der Waals surface area contributed by atoms with Gasteiger partial charge in [-0.05, 0) is 31.0 Å². The van der Waals surface area contributed by atoms with E-state index in [0.717, 1.165) is 12.2 Å². The normalized spacial score (nSPS) is 14.5. The van der Waals surface area contributed by atoms with Crippen molar-refractivity contribution in [2.45, 2.75) is 32.7 Å². The second kappa shape index (κ2) is 6.48. The molecule has 16 heavy (non-hydrogen) atoms. The zero-order valence-corrected chi connectivity index (χ0v) is 10.7. The SMILES string of the molecule is CCC(C)CC(NC)c1cncc(OC)c1. The summed E-state index contributed by atoms with van der Waals surface area (Å²) in [6.45, 7) is 4.50. The van der Waals surface area contributed by atoms with E-state index in [1.165, 1.54) is 12.0 Å². The zero-order chi connectivity index (χ0) is 12.0. The number of rotatable bonds is 6. The standard InChI is InChI=1S/C13H22N2O/c1-5-10(2)6-13(14-3)11-7-12(16-4)9-15-8-11/h7-10,13-14H,5-6H2,1-4H3. The van der Waals surface area contributed by atoms with Gasteiger partial charge in [0.1, 0.15) is 5.75 Å². The van der Waals surface area contributed by atoms with Crippen LogP contribution in [0.4, 0.5) is 0 Å². The molecule has 2 unspecified atom stereocenters. The van der Waals surface area contributed by atoms with Crippen molar-refractivity contribution in [3.63, 3.8) is 0 Å². The van der Waals surface area contributed by atoms with Gasteiger partial charge >= 0.3 is 0 Å². The molecule has 1 rings (SSSR count). The molecule has 2 atom stereocenters. The van der Waals surface area contributed by atoms with Crippen LogP contribution in [0.1, 0.15) is 38.3 Å². The number of methoxy groups -OCH3 is 1. The van der Waals surface area contributed by atoms with Gasteiger partial charge in [-0.15, -0.1) is 0 Å². The molecular formula is C13H22N2O. The monoisotopic (exact) mass is 222 g/mol. The molecule has 0 aliphatic rings. The Hall–Kier alpha value is -1.09. The van der Waals surface area contributed by atoms with Gasteiger partial charge in [-0.25, -0.2) is 0 Å². The highest BCUT2D eigenvalue weighted by Crippen LogP contribution is 2.24. The first-order valence-electron chi connectivity index (χ1n) is 5.87. The minimum absolute atomic E-state index is 0.359. The lowest BCUT2D eigenvalue weighted by molar-refractivity contribution is 0.403. The molecule has 0 saturated carbocycles.